The minimum Gasteiger partial charge on any atom is -0.160 e. The zero-order chi connectivity index (χ0) is 6.91. The Morgan fingerprint density at radius 1 is 1.44 bits per heavy atom. The third-order valence-corrected chi connectivity index (χ3v) is 1.66. The van der Waals surface area contributed by atoms with Crippen LogP contribution < -0.4 is 0 Å². The molecule has 0 fully saturated rings. The molecule has 0 amide bonds. The van der Waals surface area contributed by atoms with Crippen LogP contribution in [0.15, 0.2) is 0 Å². The Bertz CT molecular complexity index is 161. The molecule has 9 heavy (non-hydrogen) atoms. The first kappa shape index (κ1) is 6.81. The summed E-state index contributed by atoms with van der Waals surface area (Å²) in [6.07, 6.45) is 0.379. The summed E-state index contributed by atoms with van der Waals surface area (Å²) in [7, 11) is 0. The third-order valence-electron chi connectivity index (χ3n) is 0.826. The van der Waals surface area contributed by atoms with Crippen molar-refractivity contribution in [1.29, 1.82) is 0 Å². The SMILES string of the molecule is FC(F)(F)SC1C#CC1. The predicted molar refractivity (Wildman–Crippen MR) is 29.8 cm³/mol. The van der Waals surface area contributed by atoms with Crippen molar-refractivity contribution in [2.24, 2.45) is 0 Å². The van der Waals surface area contributed by atoms with E-state index in [9.17, 15) is 13.2 Å². The molecule has 1 unspecified atom stereocenters. The Morgan fingerprint density at radius 3 is 2.11 bits per heavy atom. The molecule has 1 aliphatic rings. The smallest absolute Gasteiger partial charge is 0.160 e. The van der Waals surface area contributed by atoms with Crippen molar-refractivity contribution in [2.75, 3.05) is 0 Å². The fraction of sp³-hybridized carbons (Fsp3) is 0.600. The van der Waals surface area contributed by atoms with Gasteiger partial charge in [0, 0.05) is 6.42 Å². The Labute approximate surface area is 54.8 Å². The second-order valence-corrected chi connectivity index (χ2v) is 2.85. The van der Waals surface area contributed by atoms with Gasteiger partial charge in [-0.25, -0.2) is 0 Å². The molecule has 0 aromatic carbocycles. The van der Waals surface area contributed by atoms with E-state index in [4.69, 9.17) is 0 Å². The Balaban J connectivity index is 2.29. The van der Waals surface area contributed by atoms with Gasteiger partial charge in [0.1, 0.15) is 0 Å². The molecule has 0 saturated heterocycles. The van der Waals surface area contributed by atoms with Crippen LogP contribution in [0.2, 0.25) is 0 Å². The maximum absolute atomic E-state index is 11.4. The summed E-state index contributed by atoms with van der Waals surface area (Å²) in [6.45, 7) is 0. The van der Waals surface area contributed by atoms with Crippen LogP contribution >= 0.6 is 11.8 Å². The molecule has 1 rings (SSSR count). The molecule has 0 nitrogen and oxygen atoms in total. The van der Waals surface area contributed by atoms with Gasteiger partial charge in [-0.15, -0.1) is 0 Å². The van der Waals surface area contributed by atoms with E-state index in [0.717, 1.165) is 0 Å². The maximum Gasteiger partial charge on any atom is 0.443 e. The summed E-state index contributed by atoms with van der Waals surface area (Å²) in [4.78, 5) is 0. The van der Waals surface area contributed by atoms with Crippen molar-refractivity contribution in [3.05, 3.63) is 0 Å². The topological polar surface area (TPSA) is 0 Å². The highest BCUT2D eigenvalue weighted by Crippen LogP contribution is 2.36. The van der Waals surface area contributed by atoms with Crippen LogP contribution in [0, 0.1) is 11.8 Å². The van der Waals surface area contributed by atoms with E-state index >= 15 is 0 Å². The van der Waals surface area contributed by atoms with Crippen molar-refractivity contribution in [1.82, 2.24) is 0 Å². The molecule has 0 heterocycles. The van der Waals surface area contributed by atoms with Gasteiger partial charge in [-0.1, -0.05) is 11.8 Å². The summed E-state index contributed by atoms with van der Waals surface area (Å²) < 4.78 is 34.3. The average molecular weight is 152 g/mol. The van der Waals surface area contributed by atoms with Gasteiger partial charge >= 0.3 is 5.51 Å². The second kappa shape index (κ2) is 2.14. The van der Waals surface area contributed by atoms with Crippen LogP contribution in [0.3, 0.4) is 0 Å². The molecule has 4 heteroatoms. The number of rotatable bonds is 1. The predicted octanol–water partition coefficient (Wildman–Crippen LogP) is 2.02. The van der Waals surface area contributed by atoms with Crippen molar-refractivity contribution in [3.63, 3.8) is 0 Å². The van der Waals surface area contributed by atoms with Crippen molar-refractivity contribution < 1.29 is 13.2 Å². The van der Waals surface area contributed by atoms with Crippen LogP contribution in [0.1, 0.15) is 6.42 Å². The average Bonchev–Trinajstić information content (AvgIpc) is 1.53. The highest BCUT2D eigenvalue weighted by Gasteiger charge is 2.33. The van der Waals surface area contributed by atoms with E-state index in [0.29, 0.717) is 6.42 Å². The van der Waals surface area contributed by atoms with E-state index in [1.807, 2.05) is 0 Å². The summed E-state index contributed by atoms with van der Waals surface area (Å²) in [5.41, 5.74) is -4.11. The first-order chi connectivity index (χ1) is 4.08. The van der Waals surface area contributed by atoms with Gasteiger partial charge in [-0.2, -0.15) is 13.2 Å². The molecule has 0 aliphatic heterocycles. The number of thioether (sulfide) groups is 1. The van der Waals surface area contributed by atoms with Gasteiger partial charge < -0.3 is 0 Å². The molecule has 1 aliphatic carbocycles. The minimum atomic E-state index is -4.11. The van der Waals surface area contributed by atoms with Gasteiger partial charge in [0.25, 0.3) is 0 Å². The quantitative estimate of drug-likeness (QED) is 0.518. The van der Waals surface area contributed by atoms with Crippen LogP contribution in [0.25, 0.3) is 0 Å². The fourth-order valence-electron chi connectivity index (χ4n) is 0.418. The highest BCUT2D eigenvalue weighted by atomic mass is 32.2. The third kappa shape index (κ3) is 2.19. The summed E-state index contributed by atoms with van der Waals surface area (Å²) >= 11 is -0.0301. The molecule has 0 spiro atoms. The lowest BCUT2D eigenvalue weighted by Gasteiger charge is -2.13. The van der Waals surface area contributed by atoms with Gasteiger partial charge in [0.05, 0.1) is 5.25 Å². The van der Waals surface area contributed by atoms with E-state index in [2.05, 4.69) is 11.8 Å². The standard InChI is InChI=1S/C5H3F3S/c6-5(7,8)9-4-2-1-3-4/h4H,2H2. The van der Waals surface area contributed by atoms with Crippen LogP contribution in [-0.4, -0.2) is 10.8 Å². The number of hydrogen-bond acceptors (Lipinski definition) is 1. The molecular formula is C5H3F3S. The summed E-state index contributed by atoms with van der Waals surface area (Å²) in [5, 5.41) is -0.495. The molecule has 0 aromatic heterocycles. The van der Waals surface area contributed by atoms with E-state index in [1.54, 1.807) is 0 Å². The fourth-order valence-corrected chi connectivity index (χ4v) is 1.05. The number of halogens is 3. The van der Waals surface area contributed by atoms with Crippen molar-refractivity contribution in [3.8, 4) is 11.8 Å². The monoisotopic (exact) mass is 152 g/mol. The minimum absolute atomic E-state index is 0.0301. The number of hydrogen-bond donors (Lipinski definition) is 0. The van der Waals surface area contributed by atoms with E-state index < -0.39 is 10.8 Å². The van der Waals surface area contributed by atoms with Gasteiger partial charge in [0.2, 0.25) is 0 Å². The second-order valence-electron chi connectivity index (χ2n) is 1.58. The maximum atomic E-state index is 11.4. The first-order valence-electron chi connectivity index (χ1n) is 2.31. The Morgan fingerprint density at radius 2 is 2.00 bits per heavy atom. The molecule has 0 N–H and O–H groups in total. The normalized spacial score (nSPS) is 24.1. The van der Waals surface area contributed by atoms with Gasteiger partial charge in [-0.05, 0) is 11.8 Å². The lowest BCUT2D eigenvalue weighted by atomic mass is 10.2. The van der Waals surface area contributed by atoms with Crippen LogP contribution in [-0.2, 0) is 0 Å². The molecular weight excluding hydrogens is 149 g/mol. The van der Waals surface area contributed by atoms with Crippen LogP contribution in [0.4, 0.5) is 13.2 Å². The molecule has 0 radical (unpaired) electrons. The summed E-state index contributed by atoms with van der Waals surface area (Å²) in [5.74, 6) is 4.91. The molecule has 0 aromatic rings. The lowest BCUT2D eigenvalue weighted by Crippen LogP contribution is -2.13. The van der Waals surface area contributed by atoms with Gasteiger partial charge in [0.15, 0.2) is 0 Å². The largest absolute Gasteiger partial charge is 0.443 e. The molecule has 1 atom stereocenters. The highest BCUT2D eigenvalue weighted by molar-refractivity contribution is 8.01. The molecule has 0 bridgehead atoms. The first-order valence-corrected chi connectivity index (χ1v) is 3.19. The molecule has 0 saturated carbocycles. The zero-order valence-electron chi connectivity index (χ0n) is 4.33. The van der Waals surface area contributed by atoms with Crippen molar-refractivity contribution in [2.45, 2.75) is 17.2 Å². The molecule has 50 valence electrons. The summed E-state index contributed by atoms with van der Waals surface area (Å²) in [6, 6.07) is 0. The zero-order valence-corrected chi connectivity index (χ0v) is 5.14. The lowest BCUT2D eigenvalue weighted by molar-refractivity contribution is -0.0331. The van der Waals surface area contributed by atoms with Crippen LogP contribution in [0.5, 0.6) is 0 Å². The van der Waals surface area contributed by atoms with Crippen molar-refractivity contribution >= 4 is 11.8 Å². The van der Waals surface area contributed by atoms with E-state index in [1.165, 1.54) is 0 Å². The number of alkyl halides is 3. The Kier molecular flexibility index (Phi) is 1.62. The van der Waals surface area contributed by atoms with E-state index in [-0.39, 0.29) is 11.8 Å². The Hall–Kier alpha value is -0.300. The van der Waals surface area contributed by atoms with Gasteiger partial charge in [-0.3, -0.25) is 0 Å².